The average Bonchev–Trinajstić information content (AvgIpc) is 3.73. The highest BCUT2D eigenvalue weighted by molar-refractivity contribution is 9.10. The third-order valence-corrected chi connectivity index (χ3v) is 9.05. The molecule has 10 nitrogen and oxygen atoms in total. The molecule has 3 heterocycles. The van der Waals surface area contributed by atoms with Crippen molar-refractivity contribution in [2.75, 3.05) is 20.3 Å². The quantitative estimate of drug-likeness (QED) is 0.159. The van der Waals surface area contributed by atoms with Crippen molar-refractivity contribution < 1.29 is 28.6 Å². The van der Waals surface area contributed by atoms with Crippen LogP contribution in [0.2, 0.25) is 0 Å². The first kappa shape index (κ1) is 31.6. The van der Waals surface area contributed by atoms with E-state index in [9.17, 15) is 0 Å². The lowest BCUT2D eigenvalue weighted by Gasteiger charge is -2.32. The average molecular weight is 710 g/mol. The fourth-order valence-corrected chi connectivity index (χ4v) is 6.38. The Kier molecular flexibility index (Phi) is 8.96. The highest BCUT2D eigenvalue weighted by atomic mass is 79.9. The minimum Gasteiger partial charge on any atom is -0.497 e. The number of hydrogen-bond donors (Lipinski definition) is 1. The van der Waals surface area contributed by atoms with E-state index in [0.29, 0.717) is 49.4 Å². The summed E-state index contributed by atoms with van der Waals surface area (Å²) in [5, 5.41) is 13.3. The van der Waals surface area contributed by atoms with Crippen molar-refractivity contribution in [3.63, 3.8) is 0 Å². The fraction of sp³-hybridized carbons (Fsp3) is 0.243. The summed E-state index contributed by atoms with van der Waals surface area (Å²) in [5.41, 5.74) is 2.97. The number of halogens is 1. The number of rotatable bonds is 11. The molecule has 0 saturated carbocycles. The molecule has 0 radical (unpaired) electrons. The molecule has 0 unspecified atom stereocenters. The molecule has 11 heteroatoms. The summed E-state index contributed by atoms with van der Waals surface area (Å²) >= 11 is 3.53. The maximum absolute atomic E-state index is 15.0. The van der Waals surface area contributed by atoms with E-state index in [1.54, 1.807) is 12.0 Å². The molecule has 0 aliphatic carbocycles. The highest BCUT2D eigenvalue weighted by Gasteiger charge is 2.56. The Morgan fingerprint density at radius 3 is 2.44 bits per heavy atom. The number of carbonyl (C=O) groups excluding carboxylic acids is 1. The lowest BCUT2D eigenvalue weighted by atomic mass is 9.81. The van der Waals surface area contributed by atoms with Gasteiger partial charge in [0.05, 0.1) is 20.3 Å². The molecule has 1 N–H and O–H groups in total. The monoisotopic (exact) mass is 708 g/mol. The smallest absolute Gasteiger partial charge is 0.257 e. The Balaban J connectivity index is 1.27. The molecule has 244 valence electrons. The number of hydrogen-bond acceptors (Lipinski definition) is 9. The van der Waals surface area contributed by atoms with Gasteiger partial charge in [0, 0.05) is 47.2 Å². The number of methoxy groups -OCH3 is 1. The van der Waals surface area contributed by atoms with Crippen LogP contribution in [0.25, 0.3) is 11.5 Å². The second-order valence-corrected chi connectivity index (χ2v) is 12.6. The summed E-state index contributed by atoms with van der Waals surface area (Å²) in [6.07, 6.45) is 0.178. The molecule has 0 fully saturated rings. The summed E-state index contributed by atoms with van der Waals surface area (Å²) in [6.45, 7) is 0.919. The Hall–Kier alpha value is -5.00. The second-order valence-electron chi connectivity index (χ2n) is 11.7. The number of ether oxygens (including phenoxy) is 3. The van der Waals surface area contributed by atoms with Gasteiger partial charge in [-0.1, -0.05) is 57.5 Å². The van der Waals surface area contributed by atoms with Crippen molar-refractivity contribution in [2.45, 2.75) is 37.6 Å². The molecule has 7 rings (SSSR count). The Labute approximate surface area is 286 Å². The number of aliphatic imine (C=N–C) groups is 1. The maximum Gasteiger partial charge on any atom is 0.257 e. The van der Waals surface area contributed by atoms with Gasteiger partial charge in [-0.2, -0.15) is 4.98 Å². The van der Waals surface area contributed by atoms with Gasteiger partial charge in [0.1, 0.15) is 11.5 Å². The van der Waals surface area contributed by atoms with Crippen LogP contribution in [-0.4, -0.2) is 57.8 Å². The van der Waals surface area contributed by atoms with Crippen molar-refractivity contribution in [3.8, 4) is 23.0 Å². The van der Waals surface area contributed by atoms with Crippen LogP contribution in [0.1, 0.15) is 40.6 Å². The van der Waals surface area contributed by atoms with Crippen LogP contribution >= 0.6 is 15.9 Å². The zero-order valence-electron chi connectivity index (χ0n) is 26.2. The third-order valence-electron chi connectivity index (χ3n) is 8.52. The number of aliphatic hydroxyl groups excluding tert-OH is 1. The molecule has 1 amide bonds. The minimum atomic E-state index is -1.31. The summed E-state index contributed by atoms with van der Waals surface area (Å²) in [7, 11) is 1.61. The van der Waals surface area contributed by atoms with Crippen LogP contribution in [0, 0.1) is 0 Å². The predicted octanol–water partition coefficient (Wildman–Crippen LogP) is 6.31. The van der Waals surface area contributed by atoms with Gasteiger partial charge in [0.2, 0.25) is 5.90 Å². The van der Waals surface area contributed by atoms with Crippen LogP contribution in [0.15, 0.2) is 111 Å². The van der Waals surface area contributed by atoms with Crippen molar-refractivity contribution in [2.24, 2.45) is 4.99 Å². The van der Waals surface area contributed by atoms with Crippen molar-refractivity contribution in [1.29, 1.82) is 0 Å². The van der Waals surface area contributed by atoms with E-state index >= 15 is 4.79 Å². The van der Waals surface area contributed by atoms with Gasteiger partial charge < -0.3 is 28.7 Å². The van der Waals surface area contributed by atoms with Crippen LogP contribution in [-0.2, 0) is 29.0 Å². The summed E-state index contributed by atoms with van der Waals surface area (Å²) in [6, 6.07) is 30.7. The molecule has 2 aliphatic heterocycles. The fourth-order valence-electron chi connectivity index (χ4n) is 6.11. The molecule has 0 saturated heterocycles. The number of fused-ring (bicyclic) bond motifs is 3. The molecular weight excluding hydrogens is 676 g/mol. The minimum absolute atomic E-state index is 0.0631. The van der Waals surface area contributed by atoms with E-state index in [-0.39, 0.29) is 19.1 Å². The number of amides is 1. The molecule has 1 aromatic heterocycles. The number of benzene rings is 4. The van der Waals surface area contributed by atoms with Crippen molar-refractivity contribution in [3.05, 3.63) is 130 Å². The van der Waals surface area contributed by atoms with Gasteiger partial charge in [-0.15, -0.1) is 0 Å². The summed E-state index contributed by atoms with van der Waals surface area (Å²) < 4.78 is 24.3. The summed E-state index contributed by atoms with van der Waals surface area (Å²) in [5.74, 6) is 2.31. The maximum atomic E-state index is 15.0. The van der Waals surface area contributed by atoms with Gasteiger partial charge in [-0.05, 0) is 71.8 Å². The number of carbonyl (C=O) groups is 1. The molecule has 0 spiro atoms. The Bertz CT molecular complexity index is 1930. The standard InChI is InChI=1S/C37H33BrN4O6/c1-45-29-15-9-25(10-16-29)34-39-32(41-48-34)23-42-22-27-5-2-3-6-31(27)33-37(36(42)44,21-24-7-13-28(38)14-8-24)40-35(47-33)26-11-17-30(18-12-26)46-20-4-19-43/h2-3,5-18,33,43H,4,19-23H2,1H3/t33-,37-/m0/s1. The van der Waals surface area contributed by atoms with E-state index in [1.807, 2.05) is 97.1 Å². The largest absolute Gasteiger partial charge is 0.497 e. The number of nitrogens with zero attached hydrogens (tertiary/aromatic N) is 4. The van der Waals surface area contributed by atoms with E-state index in [0.717, 1.165) is 38.0 Å². The number of aromatic nitrogens is 2. The first-order valence-electron chi connectivity index (χ1n) is 15.6. The van der Waals surface area contributed by atoms with Gasteiger partial charge in [-0.3, -0.25) is 4.79 Å². The Morgan fingerprint density at radius 1 is 0.958 bits per heavy atom. The van der Waals surface area contributed by atoms with Crippen molar-refractivity contribution in [1.82, 2.24) is 15.0 Å². The zero-order chi connectivity index (χ0) is 33.1. The first-order chi connectivity index (χ1) is 23.5. The SMILES string of the molecule is COc1ccc(-c2nc(CN3Cc4ccccc4[C@@H]4OC(c5ccc(OCCCO)cc5)=N[C@]4(Cc4ccc(Br)cc4)C3=O)no2)cc1. The lowest BCUT2D eigenvalue weighted by Crippen LogP contribution is -2.49. The first-order valence-corrected chi connectivity index (χ1v) is 16.4. The highest BCUT2D eigenvalue weighted by Crippen LogP contribution is 2.47. The van der Waals surface area contributed by atoms with Crippen LogP contribution < -0.4 is 9.47 Å². The van der Waals surface area contributed by atoms with Crippen LogP contribution in [0.4, 0.5) is 0 Å². The van der Waals surface area contributed by atoms with Gasteiger partial charge in [0.25, 0.3) is 11.8 Å². The van der Waals surface area contributed by atoms with Gasteiger partial charge in [-0.25, -0.2) is 4.99 Å². The second kappa shape index (κ2) is 13.6. The topological polar surface area (TPSA) is 120 Å². The Morgan fingerprint density at radius 2 is 1.69 bits per heavy atom. The lowest BCUT2D eigenvalue weighted by molar-refractivity contribution is -0.140. The zero-order valence-corrected chi connectivity index (χ0v) is 27.8. The predicted molar refractivity (Wildman–Crippen MR) is 182 cm³/mol. The van der Waals surface area contributed by atoms with Crippen molar-refractivity contribution >= 4 is 27.7 Å². The molecule has 48 heavy (non-hydrogen) atoms. The van der Waals surface area contributed by atoms with E-state index < -0.39 is 11.6 Å². The van der Waals surface area contributed by atoms with Gasteiger partial charge in [0.15, 0.2) is 17.5 Å². The van der Waals surface area contributed by atoms with Crippen LogP contribution in [0.3, 0.4) is 0 Å². The van der Waals surface area contributed by atoms with Crippen LogP contribution in [0.5, 0.6) is 11.5 Å². The molecule has 0 bridgehead atoms. The van der Waals surface area contributed by atoms with E-state index in [2.05, 4.69) is 26.1 Å². The van der Waals surface area contributed by atoms with E-state index in [4.69, 9.17) is 28.8 Å². The molecule has 2 aliphatic rings. The number of aliphatic hydroxyl groups is 1. The molecular formula is C37H33BrN4O6. The van der Waals surface area contributed by atoms with E-state index in [1.165, 1.54) is 0 Å². The molecule has 2 atom stereocenters. The molecule has 4 aromatic carbocycles. The summed E-state index contributed by atoms with van der Waals surface area (Å²) in [4.78, 5) is 26.6. The molecule has 5 aromatic rings. The van der Waals surface area contributed by atoms with Gasteiger partial charge >= 0.3 is 0 Å². The normalized spacial score (nSPS) is 18.4. The third kappa shape index (κ3) is 6.31.